The number of anilines is 2. The summed E-state index contributed by atoms with van der Waals surface area (Å²) >= 11 is 0. The number of rotatable bonds is 3. The third kappa shape index (κ3) is 2.41. The van der Waals surface area contributed by atoms with Gasteiger partial charge in [0.05, 0.1) is 6.20 Å². The molecule has 7 heteroatoms. The lowest BCUT2D eigenvalue weighted by atomic mass is 10.2. The van der Waals surface area contributed by atoms with E-state index in [2.05, 4.69) is 25.3 Å². The van der Waals surface area contributed by atoms with Crippen LogP contribution in [0.15, 0.2) is 41.3 Å². The van der Waals surface area contributed by atoms with Gasteiger partial charge in [-0.1, -0.05) is 30.3 Å². The normalized spacial score (nSPS) is 10.6. The number of nitrogen functional groups attached to an aromatic ring is 1. The van der Waals surface area contributed by atoms with Crippen LogP contribution in [0.1, 0.15) is 5.56 Å². The van der Waals surface area contributed by atoms with Gasteiger partial charge in [-0.2, -0.15) is 4.98 Å². The molecule has 0 saturated heterocycles. The van der Waals surface area contributed by atoms with Crippen LogP contribution in [-0.4, -0.2) is 19.9 Å². The van der Waals surface area contributed by atoms with E-state index in [1.807, 2.05) is 30.3 Å². The fourth-order valence-electron chi connectivity index (χ4n) is 1.81. The molecule has 0 spiro atoms. The number of aromatic amines is 1. The Morgan fingerprint density at radius 3 is 2.80 bits per heavy atom. The zero-order valence-electron chi connectivity index (χ0n) is 10.5. The third-order valence-electron chi connectivity index (χ3n) is 2.76. The van der Waals surface area contributed by atoms with Crippen molar-refractivity contribution < 1.29 is 0 Å². The second kappa shape index (κ2) is 4.96. The zero-order chi connectivity index (χ0) is 13.9. The third-order valence-corrected chi connectivity index (χ3v) is 2.76. The number of hydrogen-bond donors (Lipinski definition) is 3. The molecule has 0 saturated carbocycles. The molecule has 0 radical (unpaired) electrons. The van der Waals surface area contributed by atoms with E-state index < -0.39 is 5.56 Å². The number of benzene rings is 1. The Morgan fingerprint density at radius 1 is 1.20 bits per heavy atom. The zero-order valence-corrected chi connectivity index (χ0v) is 10.5. The second-order valence-corrected chi connectivity index (χ2v) is 4.22. The minimum Gasteiger partial charge on any atom is -0.369 e. The molecule has 0 unspecified atom stereocenters. The highest BCUT2D eigenvalue weighted by atomic mass is 16.1. The van der Waals surface area contributed by atoms with Crippen LogP contribution in [0, 0.1) is 0 Å². The van der Waals surface area contributed by atoms with Gasteiger partial charge in [0.2, 0.25) is 5.95 Å². The number of hydrogen-bond acceptors (Lipinski definition) is 6. The maximum absolute atomic E-state index is 11.7. The number of nitrogens with two attached hydrogens (primary N) is 1. The Morgan fingerprint density at radius 2 is 2.00 bits per heavy atom. The number of fused-ring (bicyclic) bond motifs is 1. The lowest BCUT2D eigenvalue weighted by molar-refractivity contribution is 1.08. The quantitative estimate of drug-likeness (QED) is 0.651. The molecular weight excluding hydrogens is 256 g/mol. The number of nitrogens with zero attached hydrogens (tertiary/aromatic N) is 3. The van der Waals surface area contributed by atoms with Crippen molar-refractivity contribution in [3.8, 4) is 0 Å². The molecule has 2 heterocycles. The SMILES string of the molecule is Nc1nc(=O)c2nc(NCc3ccccc3)cnc2[nH]1. The van der Waals surface area contributed by atoms with Gasteiger partial charge in [-0.15, -0.1) is 0 Å². The van der Waals surface area contributed by atoms with Gasteiger partial charge in [0.25, 0.3) is 0 Å². The fourth-order valence-corrected chi connectivity index (χ4v) is 1.81. The molecule has 100 valence electrons. The number of nitrogens with one attached hydrogen (secondary N) is 2. The summed E-state index contributed by atoms with van der Waals surface area (Å²) in [7, 11) is 0. The first kappa shape index (κ1) is 12.1. The van der Waals surface area contributed by atoms with Gasteiger partial charge in [0.1, 0.15) is 5.82 Å². The Balaban J connectivity index is 1.88. The van der Waals surface area contributed by atoms with Crippen LogP contribution in [-0.2, 0) is 6.54 Å². The standard InChI is InChI=1S/C13H12N6O/c14-13-18-11-10(12(20)19-13)17-9(7-16-11)15-6-8-4-2-1-3-5-8/h1-5,7H,6H2,(H,15,17)(H3,14,16,18,19,20). The van der Waals surface area contributed by atoms with Gasteiger partial charge in [-0.3, -0.25) is 4.79 Å². The topological polar surface area (TPSA) is 110 Å². The summed E-state index contributed by atoms with van der Waals surface area (Å²) in [6.07, 6.45) is 1.54. The smallest absolute Gasteiger partial charge is 0.302 e. The maximum atomic E-state index is 11.7. The fraction of sp³-hybridized carbons (Fsp3) is 0.0769. The monoisotopic (exact) mass is 268 g/mol. The van der Waals surface area contributed by atoms with E-state index in [4.69, 9.17) is 5.73 Å². The van der Waals surface area contributed by atoms with E-state index in [1.54, 1.807) is 6.20 Å². The van der Waals surface area contributed by atoms with Crippen molar-refractivity contribution in [2.75, 3.05) is 11.1 Å². The largest absolute Gasteiger partial charge is 0.369 e. The van der Waals surface area contributed by atoms with Crippen LogP contribution in [0.5, 0.6) is 0 Å². The van der Waals surface area contributed by atoms with Gasteiger partial charge < -0.3 is 16.0 Å². The summed E-state index contributed by atoms with van der Waals surface area (Å²) in [5.74, 6) is 0.542. The van der Waals surface area contributed by atoms with Crippen molar-refractivity contribution in [3.63, 3.8) is 0 Å². The highest BCUT2D eigenvalue weighted by Gasteiger charge is 2.06. The summed E-state index contributed by atoms with van der Waals surface area (Å²) in [4.78, 5) is 26.3. The number of aromatic nitrogens is 4. The molecule has 0 fully saturated rings. The molecule has 0 atom stereocenters. The molecule has 0 aliphatic rings. The lowest BCUT2D eigenvalue weighted by Gasteiger charge is -2.06. The van der Waals surface area contributed by atoms with Crippen molar-refractivity contribution in [3.05, 3.63) is 52.4 Å². The van der Waals surface area contributed by atoms with Crippen LogP contribution in [0.4, 0.5) is 11.8 Å². The van der Waals surface area contributed by atoms with Crippen molar-refractivity contribution in [2.45, 2.75) is 6.54 Å². The molecule has 2 aromatic heterocycles. The van der Waals surface area contributed by atoms with Crippen LogP contribution in [0.3, 0.4) is 0 Å². The highest BCUT2D eigenvalue weighted by molar-refractivity contribution is 5.71. The first-order chi connectivity index (χ1) is 9.72. The average Bonchev–Trinajstić information content (AvgIpc) is 2.46. The van der Waals surface area contributed by atoms with Gasteiger partial charge in [0, 0.05) is 6.54 Å². The minimum absolute atomic E-state index is 0.0294. The van der Waals surface area contributed by atoms with Gasteiger partial charge in [-0.25, -0.2) is 9.97 Å². The van der Waals surface area contributed by atoms with E-state index in [0.717, 1.165) is 5.56 Å². The molecular formula is C13H12N6O. The van der Waals surface area contributed by atoms with Gasteiger partial charge >= 0.3 is 5.56 Å². The van der Waals surface area contributed by atoms with Crippen LogP contribution in [0.2, 0.25) is 0 Å². The van der Waals surface area contributed by atoms with Crippen LogP contribution >= 0.6 is 0 Å². The summed E-state index contributed by atoms with van der Waals surface area (Å²) in [5, 5.41) is 3.11. The Kier molecular flexibility index (Phi) is 3.00. The predicted octanol–water partition coefficient (Wildman–Crippen LogP) is 0.907. The van der Waals surface area contributed by atoms with E-state index in [0.29, 0.717) is 18.0 Å². The molecule has 0 aliphatic heterocycles. The average molecular weight is 268 g/mol. The number of H-pyrrole nitrogens is 1. The minimum atomic E-state index is -0.493. The molecule has 0 bridgehead atoms. The Labute approximate surface area is 113 Å². The van der Waals surface area contributed by atoms with Crippen molar-refractivity contribution in [2.24, 2.45) is 0 Å². The lowest BCUT2D eigenvalue weighted by Crippen LogP contribution is -2.14. The van der Waals surface area contributed by atoms with E-state index in [9.17, 15) is 4.79 Å². The molecule has 0 aliphatic carbocycles. The van der Waals surface area contributed by atoms with Crippen molar-refractivity contribution >= 4 is 22.9 Å². The first-order valence-electron chi connectivity index (χ1n) is 6.03. The molecule has 7 nitrogen and oxygen atoms in total. The Bertz CT molecular complexity index is 799. The van der Waals surface area contributed by atoms with Crippen LogP contribution < -0.4 is 16.6 Å². The van der Waals surface area contributed by atoms with Gasteiger partial charge in [0.15, 0.2) is 11.2 Å². The van der Waals surface area contributed by atoms with E-state index in [1.165, 1.54) is 0 Å². The molecule has 0 amide bonds. The second-order valence-electron chi connectivity index (χ2n) is 4.22. The summed E-state index contributed by atoms with van der Waals surface area (Å²) in [6, 6.07) is 9.86. The molecule has 4 N–H and O–H groups in total. The van der Waals surface area contributed by atoms with Crippen LogP contribution in [0.25, 0.3) is 11.2 Å². The van der Waals surface area contributed by atoms with E-state index in [-0.39, 0.29) is 11.5 Å². The Hall–Kier alpha value is -2.96. The van der Waals surface area contributed by atoms with Gasteiger partial charge in [-0.05, 0) is 5.56 Å². The van der Waals surface area contributed by atoms with E-state index >= 15 is 0 Å². The van der Waals surface area contributed by atoms with Crippen molar-refractivity contribution in [1.82, 2.24) is 19.9 Å². The maximum Gasteiger partial charge on any atom is 0.302 e. The summed E-state index contributed by atoms with van der Waals surface area (Å²) in [6.45, 7) is 0.599. The summed E-state index contributed by atoms with van der Waals surface area (Å²) < 4.78 is 0. The highest BCUT2D eigenvalue weighted by Crippen LogP contribution is 2.08. The first-order valence-corrected chi connectivity index (χ1v) is 6.03. The predicted molar refractivity (Wildman–Crippen MR) is 76.1 cm³/mol. The molecule has 1 aromatic carbocycles. The van der Waals surface area contributed by atoms with Crippen molar-refractivity contribution in [1.29, 1.82) is 0 Å². The molecule has 3 aromatic rings. The molecule has 20 heavy (non-hydrogen) atoms. The summed E-state index contributed by atoms with van der Waals surface area (Å²) in [5.41, 5.74) is 6.55. The molecule has 3 rings (SSSR count).